The van der Waals surface area contributed by atoms with Gasteiger partial charge in [-0.15, -0.1) is 11.3 Å². The third kappa shape index (κ3) is 4.68. The standard InChI is InChI=1S/C22H24N2O4S/c1-14-19(29-22(24-14)15-8-10-16(26-2)11-9-15)12-13-23-21(25)20-17(27-3)6-5-7-18(20)28-4/h5-11H,12-13H2,1-4H3,(H,23,25). The number of hydrogen-bond donors (Lipinski definition) is 1. The van der Waals surface area contributed by atoms with Gasteiger partial charge in [-0.3, -0.25) is 4.79 Å². The lowest BCUT2D eigenvalue weighted by Crippen LogP contribution is -2.26. The number of benzene rings is 2. The van der Waals surface area contributed by atoms with Crippen molar-refractivity contribution in [3.8, 4) is 27.8 Å². The number of methoxy groups -OCH3 is 3. The van der Waals surface area contributed by atoms with Gasteiger partial charge >= 0.3 is 0 Å². The summed E-state index contributed by atoms with van der Waals surface area (Å²) in [6.45, 7) is 2.48. The van der Waals surface area contributed by atoms with Crippen molar-refractivity contribution in [2.45, 2.75) is 13.3 Å². The summed E-state index contributed by atoms with van der Waals surface area (Å²) in [5, 5.41) is 3.91. The van der Waals surface area contributed by atoms with Gasteiger partial charge in [0.2, 0.25) is 0 Å². The van der Waals surface area contributed by atoms with Gasteiger partial charge in [0, 0.05) is 23.4 Å². The van der Waals surface area contributed by atoms with Crippen LogP contribution in [0, 0.1) is 6.92 Å². The summed E-state index contributed by atoms with van der Waals surface area (Å²) in [4.78, 5) is 18.5. The van der Waals surface area contributed by atoms with E-state index < -0.39 is 0 Å². The van der Waals surface area contributed by atoms with Gasteiger partial charge in [-0.05, 0) is 43.3 Å². The molecule has 0 radical (unpaired) electrons. The smallest absolute Gasteiger partial charge is 0.258 e. The molecule has 152 valence electrons. The number of ether oxygens (including phenoxy) is 3. The summed E-state index contributed by atoms with van der Waals surface area (Å²) >= 11 is 1.64. The second kappa shape index (κ2) is 9.43. The van der Waals surface area contributed by atoms with Crippen LogP contribution in [0.25, 0.3) is 10.6 Å². The molecular weight excluding hydrogens is 388 g/mol. The van der Waals surface area contributed by atoms with Crippen molar-refractivity contribution >= 4 is 17.2 Å². The van der Waals surface area contributed by atoms with E-state index >= 15 is 0 Å². The second-order valence-electron chi connectivity index (χ2n) is 6.30. The molecule has 0 atom stereocenters. The quantitative estimate of drug-likeness (QED) is 0.603. The van der Waals surface area contributed by atoms with Crippen LogP contribution in [-0.4, -0.2) is 38.8 Å². The molecule has 29 heavy (non-hydrogen) atoms. The summed E-state index contributed by atoms with van der Waals surface area (Å²) in [6.07, 6.45) is 0.697. The van der Waals surface area contributed by atoms with E-state index in [9.17, 15) is 4.79 Å². The van der Waals surface area contributed by atoms with Crippen LogP contribution in [0.15, 0.2) is 42.5 Å². The number of nitrogens with zero attached hydrogens (tertiary/aromatic N) is 1. The highest BCUT2D eigenvalue weighted by Gasteiger charge is 2.18. The lowest BCUT2D eigenvalue weighted by molar-refractivity contribution is 0.0948. The number of amides is 1. The van der Waals surface area contributed by atoms with Gasteiger partial charge in [-0.1, -0.05) is 6.07 Å². The van der Waals surface area contributed by atoms with Crippen molar-refractivity contribution in [2.75, 3.05) is 27.9 Å². The molecule has 3 aromatic rings. The average Bonchev–Trinajstić information content (AvgIpc) is 3.13. The first-order valence-electron chi connectivity index (χ1n) is 9.17. The monoisotopic (exact) mass is 412 g/mol. The first-order chi connectivity index (χ1) is 14.1. The molecule has 0 aliphatic heterocycles. The molecule has 1 amide bonds. The van der Waals surface area contributed by atoms with Crippen molar-refractivity contribution in [1.82, 2.24) is 10.3 Å². The number of thiazole rings is 1. The van der Waals surface area contributed by atoms with Crippen LogP contribution < -0.4 is 19.5 Å². The molecule has 0 saturated carbocycles. The van der Waals surface area contributed by atoms with Crippen molar-refractivity contribution in [1.29, 1.82) is 0 Å². The van der Waals surface area contributed by atoms with Gasteiger partial charge in [0.25, 0.3) is 5.91 Å². The van der Waals surface area contributed by atoms with Crippen LogP contribution in [-0.2, 0) is 6.42 Å². The highest BCUT2D eigenvalue weighted by atomic mass is 32.1. The fourth-order valence-electron chi connectivity index (χ4n) is 2.97. The lowest BCUT2D eigenvalue weighted by atomic mass is 10.1. The molecule has 1 N–H and O–H groups in total. The van der Waals surface area contributed by atoms with E-state index in [0.29, 0.717) is 30.0 Å². The van der Waals surface area contributed by atoms with Gasteiger partial charge in [0.05, 0.1) is 27.0 Å². The van der Waals surface area contributed by atoms with E-state index in [4.69, 9.17) is 14.2 Å². The number of hydrogen-bond acceptors (Lipinski definition) is 6. The maximum absolute atomic E-state index is 12.7. The molecule has 0 fully saturated rings. The van der Waals surface area contributed by atoms with E-state index in [1.807, 2.05) is 31.2 Å². The molecule has 0 unspecified atom stereocenters. The summed E-state index contributed by atoms with van der Waals surface area (Å²) in [5.74, 6) is 1.56. The summed E-state index contributed by atoms with van der Waals surface area (Å²) in [7, 11) is 4.72. The lowest BCUT2D eigenvalue weighted by Gasteiger charge is -2.12. The van der Waals surface area contributed by atoms with Gasteiger partial charge in [-0.25, -0.2) is 4.98 Å². The van der Waals surface area contributed by atoms with E-state index in [2.05, 4.69) is 10.3 Å². The molecule has 0 bridgehead atoms. The second-order valence-corrected chi connectivity index (χ2v) is 7.38. The van der Waals surface area contributed by atoms with Gasteiger partial charge in [0.15, 0.2) is 0 Å². The SMILES string of the molecule is COc1ccc(-c2nc(C)c(CCNC(=O)c3c(OC)cccc3OC)s2)cc1. The zero-order valence-electron chi connectivity index (χ0n) is 16.9. The van der Waals surface area contributed by atoms with Crippen molar-refractivity contribution in [3.63, 3.8) is 0 Å². The summed E-state index contributed by atoms with van der Waals surface area (Å²) in [5.41, 5.74) is 2.43. The number of aryl methyl sites for hydroxylation is 1. The van der Waals surface area contributed by atoms with Crippen molar-refractivity contribution < 1.29 is 19.0 Å². The maximum atomic E-state index is 12.7. The Hall–Kier alpha value is -3.06. The zero-order chi connectivity index (χ0) is 20.8. The Bertz CT molecular complexity index is 961. The molecule has 6 nitrogen and oxygen atoms in total. The maximum Gasteiger partial charge on any atom is 0.258 e. The van der Waals surface area contributed by atoms with Crippen molar-refractivity contribution in [3.05, 3.63) is 58.6 Å². The normalized spacial score (nSPS) is 10.5. The first kappa shape index (κ1) is 20.7. The molecule has 7 heteroatoms. The molecule has 0 saturated heterocycles. The number of aromatic nitrogens is 1. The fourth-order valence-corrected chi connectivity index (χ4v) is 4.04. The molecule has 1 aromatic heterocycles. The van der Waals surface area contributed by atoms with E-state index in [-0.39, 0.29) is 5.91 Å². The number of carbonyl (C=O) groups is 1. The highest BCUT2D eigenvalue weighted by Crippen LogP contribution is 2.30. The number of carbonyl (C=O) groups excluding carboxylic acids is 1. The number of rotatable bonds is 8. The van der Waals surface area contributed by atoms with Crippen LogP contribution in [0.2, 0.25) is 0 Å². The zero-order valence-corrected chi connectivity index (χ0v) is 17.8. The van der Waals surface area contributed by atoms with E-state index in [0.717, 1.165) is 26.9 Å². The fraction of sp³-hybridized carbons (Fsp3) is 0.273. The van der Waals surface area contributed by atoms with Gasteiger partial charge in [0.1, 0.15) is 27.8 Å². The van der Waals surface area contributed by atoms with Gasteiger partial charge in [-0.2, -0.15) is 0 Å². The van der Waals surface area contributed by atoms with E-state index in [1.165, 1.54) is 14.2 Å². The third-order valence-corrected chi connectivity index (χ3v) is 5.79. The predicted octanol–water partition coefficient (Wildman–Crippen LogP) is 4.12. The minimum Gasteiger partial charge on any atom is -0.497 e. The summed E-state index contributed by atoms with van der Waals surface area (Å²) in [6, 6.07) is 13.1. The Morgan fingerprint density at radius 3 is 2.24 bits per heavy atom. The van der Waals surface area contributed by atoms with E-state index in [1.54, 1.807) is 36.6 Å². The Balaban J connectivity index is 1.67. The average molecular weight is 413 g/mol. The van der Waals surface area contributed by atoms with Crippen molar-refractivity contribution in [2.24, 2.45) is 0 Å². The molecule has 3 rings (SSSR count). The molecule has 2 aromatic carbocycles. The summed E-state index contributed by atoms with van der Waals surface area (Å²) < 4.78 is 15.8. The molecule has 1 heterocycles. The number of nitrogens with one attached hydrogen (secondary N) is 1. The van der Waals surface area contributed by atoms with Crippen LogP contribution in [0.1, 0.15) is 20.9 Å². The Morgan fingerprint density at radius 2 is 1.66 bits per heavy atom. The minimum atomic E-state index is -0.225. The highest BCUT2D eigenvalue weighted by molar-refractivity contribution is 7.15. The van der Waals surface area contributed by atoms with Crippen LogP contribution in [0.4, 0.5) is 0 Å². The Kier molecular flexibility index (Phi) is 6.72. The minimum absolute atomic E-state index is 0.225. The largest absolute Gasteiger partial charge is 0.497 e. The molecule has 0 aliphatic rings. The molecular formula is C22H24N2O4S. The van der Waals surface area contributed by atoms with Crippen LogP contribution in [0.3, 0.4) is 0 Å². The molecule has 0 spiro atoms. The topological polar surface area (TPSA) is 69.7 Å². The Morgan fingerprint density at radius 1 is 1.00 bits per heavy atom. The molecule has 0 aliphatic carbocycles. The Labute approximate surface area is 174 Å². The first-order valence-corrected chi connectivity index (χ1v) is 9.99. The van der Waals surface area contributed by atoms with Crippen LogP contribution in [0.5, 0.6) is 17.2 Å². The predicted molar refractivity (Wildman–Crippen MR) is 114 cm³/mol. The van der Waals surface area contributed by atoms with Gasteiger partial charge < -0.3 is 19.5 Å². The van der Waals surface area contributed by atoms with Crippen LogP contribution >= 0.6 is 11.3 Å². The third-order valence-electron chi connectivity index (χ3n) is 4.52.